The molecule has 4 heterocycles. The van der Waals surface area contributed by atoms with Crippen LogP contribution in [-0.4, -0.2) is 55.9 Å². The van der Waals surface area contributed by atoms with Gasteiger partial charge in [0.25, 0.3) is 0 Å². The van der Waals surface area contributed by atoms with E-state index in [2.05, 4.69) is 35.8 Å². The molecule has 0 radical (unpaired) electrons. The first-order valence-electron chi connectivity index (χ1n) is 12.0. The number of hydrogen-bond acceptors (Lipinski definition) is 8. The molecule has 0 bridgehead atoms. The molecule has 0 unspecified atom stereocenters. The van der Waals surface area contributed by atoms with E-state index in [0.29, 0.717) is 23.0 Å². The van der Waals surface area contributed by atoms with E-state index in [1.54, 1.807) is 0 Å². The van der Waals surface area contributed by atoms with Crippen molar-refractivity contribution in [2.24, 2.45) is 5.92 Å². The molecule has 2 amide bonds. The van der Waals surface area contributed by atoms with Crippen molar-refractivity contribution in [2.45, 2.75) is 62.2 Å². The van der Waals surface area contributed by atoms with E-state index in [9.17, 15) is 4.79 Å². The number of amides is 2. The number of nitrogens with two attached hydrogens (primary N) is 1. The third-order valence-electron chi connectivity index (χ3n) is 6.30. The Bertz CT molecular complexity index is 1280. The minimum atomic E-state index is -0.235. The molecule has 3 N–H and O–H groups in total. The molecular weight excluding hydrogens is 546 g/mol. The summed E-state index contributed by atoms with van der Waals surface area (Å²) in [6.07, 6.45) is 4.38. The molecular formula is C24H30BrN7O3S. The zero-order valence-corrected chi connectivity index (χ0v) is 23.0. The van der Waals surface area contributed by atoms with Crippen molar-refractivity contribution in [3.63, 3.8) is 0 Å². The second kappa shape index (κ2) is 9.97. The molecule has 10 nitrogen and oxygen atoms in total. The zero-order chi connectivity index (χ0) is 25.4. The number of rotatable bonds is 5. The number of hydrogen-bond donors (Lipinski definition) is 2. The lowest BCUT2D eigenvalue weighted by molar-refractivity contribution is 0.159. The summed E-state index contributed by atoms with van der Waals surface area (Å²) >= 11 is 5.17. The monoisotopic (exact) mass is 575 g/mol. The summed E-state index contributed by atoms with van der Waals surface area (Å²) in [4.78, 5) is 28.8. The Morgan fingerprint density at radius 2 is 1.94 bits per heavy atom. The lowest BCUT2D eigenvalue weighted by Crippen LogP contribution is -2.50. The minimum absolute atomic E-state index is 0.0155. The molecule has 0 aliphatic carbocycles. The summed E-state index contributed by atoms with van der Waals surface area (Å²) in [5.74, 6) is 2.31. The number of anilines is 1. The Balaban J connectivity index is 1.31. The minimum Gasteiger partial charge on any atom is -0.454 e. The molecule has 0 spiro atoms. The molecule has 2 aliphatic rings. The zero-order valence-electron chi connectivity index (χ0n) is 20.6. The molecule has 192 valence electrons. The highest BCUT2D eigenvalue weighted by Gasteiger charge is 2.26. The van der Waals surface area contributed by atoms with Crippen LogP contribution in [0.15, 0.2) is 33.0 Å². The topological polar surface area (TPSA) is 120 Å². The molecule has 1 saturated heterocycles. The number of urea groups is 1. The van der Waals surface area contributed by atoms with Crippen LogP contribution in [0.1, 0.15) is 40.0 Å². The lowest BCUT2D eigenvalue weighted by atomic mass is 9.93. The van der Waals surface area contributed by atoms with Gasteiger partial charge in [0.2, 0.25) is 6.79 Å². The summed E-state index contributed by atoms with van der Waals surface area (Å²) in [6, 6.07) is 3.88. The molecule has 1 fully saturated rings. The number of fused-ring (bicyclic) bond motifs is 2. The average molecular weight is 577 g/mol. The van der Waals surface area contributed by atoms with Crippen LogP contribution in [0, 0.1) is 5.92 Å². The quantitative estimate of drug-likeness (QED) is 0.450. The highest BCUT2D eigenvalue weighted by atomic mass is 79.9. The van der Waals surface area contributed by atoms with Gasteiger partial charge in [-0.2, -0.15) is 0 Å². The highest BCUT2D eigenvalue weighted by Crippen LogP contribution is 2.43. The number of ether oxygens (including phenoxy) is 2. The summed E-state index contributed by atoms with van der Waals surface area (Å²) in [5, 5.41) is 3.85. The van der Waals surface area contributed by atoms with Crippen LogP contribution in [0.25, 0.3) is 11.2 Å². The molecule has 2 aliphatic heterocycles. The first kappa shape index (κ1) is 24.9. The number of carbonyl (C=O) groups is 1. The molecule has 0 saturated carbocycles. The number of carbonyl (C=O) groups excluding carboxylic acids is 1. The van der Waals surface area contributed by atoms with Crippen molar-refractivity contribution in [2.75, 3.05) is 25.6 Å². The maximum absolute atomic E-state index is 12.5. The second-order valence-corrected chi connectivity index (χ2v) is 12.0. The SMILES string of the molecule is CC(C)(C)NC(=O)N1CCC(CCn2c(Sc3cc4c(cc3Br)OCO4)nc3c(N)ncnc32)CC1. The number of nitrogens with zero attached hydrogens (tertiary/aromatic N) is 5. The second-order valence-electron chi connectivity index (χ2n) is 10.1. The molecule has 36 heavy (non-hydrogen) atoms. The fourth-order valence-electron chi connectivity index (χ4n) is 4.42. The maximum Gasteiger partial charge on any atom is 0.317 e. The van der Waals surface area contributed by atoms with Gasteiger partial charge in [0.05, 0.1) is 0 Å². The number of nitrogen functional groups attached to an aromatic ring is 1. The van der Waals surface area contributed by atoms with E-state index >= 15 is 0 Å². The number of aryl methyl sites for hydroxylation is 1. The number of benzene rings is 1. The number of halogens is 1. The highest BCUT2D eigenvalue weighted by molar-refractivity contribution is 9.10. The number of likely N-dealkylation sites (tertiary alicyclic amines) is 1. The predicted octanol–water partition coefficient (Wildman–Crippen LogP) is 4.66. The van der Waals surface area contributed by atoms with Gasteiger partial charge in [-0.25, -0.2) is 19.7 Å². The summed E-state index contributed by atoms with van der Waals surface area (Å²) in [6.45, 7) is 8.49. The number of imidazole rings is 1. The van der Waals surface area contributed by atoms with Crippen LogP contribution in [0.5, 0.6) is 11.5 Å². The Labute approximate surface area is 222 Å². The predicted molar refractivity (Wildman–Crippen MR) is 141 cm³/mol. The van der Waals surface area contributed by atoms with E-state index in [-0.39, 0.29) is 18.4 Å². The molecule has 3 aromatic rings. The van der Waals surface area contributed by atoms with Gasteiger partial charge >= 0.3 is 6.03 Å². The Hall–Kier alpha value is -2.73. The molecule has 5 rings (SSSR count). The van der Waals surface area contributed by atoms with E-state index < -0.39 is 0 Å². The van der Waals surface area contributed by atoms with Crippen LogP contribution in [-0.2, 0) is 6.54 Å². The molecule has 0 atom stereocenters. The van der Waals surface area contributed by atoms with Gasteiger partial charge in [0, 0.05) is 34.5 Å². The summed E-state index contributed by atoms with van der Waals surface area (Å²) in [5.41, 5.74) is 7.23. The molecule has 12 heteroatoms. The van der Waals surface area contributed by atoms with Gasteiger partial charge in [0.1, 0.15) is 6.33 Å². The molecule has 2 aromatic heterocycles. The van der Waals surface area contributed by atoms with Crippen LogP contribution in [0.3, 0.4) is 0 Å². The van der Waals surface area contributed by atoms with Crippen molar-refractivity contribution in [1.82, 2.24) is 29.7 Å². The average Bonchev–Trinajstić information content (AvgIpc) is 3.42. The largest absolute Gasteiger partial charge is 0.454 e. The van der Waals surface area contributed by atoms with Crippen molar-refractivity contribution < 1.29 is 14.3 Å². The van der Waals surface area contributed by atoms with E-state index in [4.69, 9.17) is 20.2 Å². The van der Waals surface area contributed by atoms with E-state index in [1.165, 1.54) is 18.1 Å². The van der Waals surface area contributed by atoms with Crippen LogP contribution < -0.4 is 20.5 Å². The van der Waals surface area contributed by atoms with E-state index in [0.717, 1.165) is 64.8 Å². The van der Waals surface area contributed by atoms with Gasteiger partial charge in [0.15, 0.2) is 33.6 Å². The summed E-state index contributed by atoms with van der Waals surface area (Å²) < 4.78 is 14.1. The first-order valence-corrected chi connectivity index (χ1v) is 13.6. The van der Waals surface area contributed by atoms with Crippen molar-refractivity contribution in [1.29, 1.82) is 0 Å². The smallest absolute Gasteiger partial charge is 0.317 e. The van der Waals surface area contributed by atoms with Crippen molar-refractivity contribution >= 4 is 50.7 Å². The summed E-state index contributed by atoms with van der Waals surface area (Å²) in [7, 11) is 0. The van der Waals surface area contributed by atoms with Crippen LogP contribution in [0.4, 0.5) is 10.6 Å². The maximum atomic E-state index is 12.5. The van der Waals surface area contributed by atoms with Gasteiger partial charge in [-0.3, -0.25) is 0 Å². The third kappa shape index (κ3) is 5.34. The van der Waals surface area contributed by atoms with Crippen molar-refractivity contribution in [3.8, 4) is 11.5 Å². The lowest BCUT2D eigenvalue weighted by Gasteiger charge is -2.34. The Morgan fingerprint density at radius 1 is 1.22 bits per heavy atom. The van der Waals surface area contributed by atoms with Gasteiger partial charge in [-0.1, -0.05) is 11.8 Å². The first-order chi connectivity index (χ1) is 17.2. The normalized spacial score (nSPS) is 16.1. The standard InChI is InChI=1S/C24H30BrN7O3S/c1-24(2,3)30-22(33)31-7-4-14(5-8-31)6-9-32-21-19(20(26)27-12-28-21)29-23(32)36-18-11-17-16(10-15(18)25)34-13-35-17/h10-12,14H,4-9,13H2,1-3H3,(H,30,33)(H2,26,27,28). The van der Waals surface area contributed by atoms with Gasteiger partial charge < -0.3 is 30.0 Å². The Kier molecular flexibility index (Phi) is 6.90. The Morgan fingerprint density at radius 3 is 2.67 bits per heavy atom. The number of piperidine rings is 1. The fraction of sp³-hybridized carbons (Fsp3) is 0.500. The number of nitrogens with one attached hydrogen (secondary N) is 1. The van der Waals surface area contributed by atoms with Crippen molar-refractivity contribution in [3.05, 3.63) is 22.9 Å². The molecule has 1 aromatic carbocycles. The van der Waals surface area contributed by atoms with Gasteiger partial charge in [-0.15, -0.1) is 0 Å². The third-order valence-corrected chi connectivity index (χ3v) is 8.27. The van der Waals surface area contributed by atoms with Crippen LogP contribution in [0.2, 0.25) is 0 Å². The van der Waals surface area contributed by atoms with Gasteiger partial charge in [-0.05, 0) is 74.0 Å². The van der Waals surface area contributed by atoms with E-state index in [1.807, 2.05) is 37.8 Å². The number of aromatic nitrogens is 4. The van der Waals surface area contributed by atoms with Crippen LogP contribution >= 0.6 is 27.7 Å². The fourth-order valence-corrected chi connectivity index (χ4v) is 5.93.